The molecule has 2 heteroatoms. The molecule has 0 aromatic carbocycles. The molecule has 0 unspecified atom stereocenters. The lowest BCUT2D eigenvalue weighted by Crippen LogP contribution is -2.00. The summed E-state index contributed by atoms with van der Waals surface area (Å²) in [6.07, 6.45) is 15.0. The smallest absolute Gasteiger partial charge is 0.330 e. The van der Waals surface area contributed by atoms with Crippen molar-refractivity contribution in [2.45, 2.75) is 80.1 Å². The van der Waals surface area contributed by atoms with Gasteiger partial charge in [-0.25, -0.2) is 4.79 Å². The Morgan fingerprint density at radius 3 is 1.67 bits per heavy atom. The van der Waals surface area contributed by atoms with E-state index >= 15 is 0 Å². The monoisotopic (exact) mass is 332 g/mol. The first-order valence-electron chi connectivity index (χ1n) is 9.13. The lowest BCUT2D eigenvalue weighted by Gasteiger charge is -2.03. The number of carbonyl (C=O) groups excluding carboxylic acids is 1. The average Bonchev–Trinajstić information content (AvgIpc) is 2.46. The molecule has 0 aromatic rings. The number of hydrogen-bond acceptors (Lipinski definition) is 2. The van der Waals surface area contributed by atoms with Crippen molar-refractivity contribution in [2.24, 2.45) is 0 Å². The number of hydrogen-bond donors (Lipinski definition) is 0. The predicted octanol–water partition coefficient (Wildman–Crippen LogP) is 6.70. The predicted molar refractivity (Wildman–Crippen MR) is 105 cm³/mol. The second-order valence-electron chi connectivity index (χ2n) is 6.74. The standard InChI is InChI=1S/C22H36O2/c1-7-24-22(23)17-21(6)16-10-15-20(5)14-9-13-19(4)12-8-11-18(2)3/h11,13,15,17H,7-10,12,14,16H2,1-6H3/b19-13+,20-15+,21-17+. The lowest BCUT2D eigenvalue weighted by atomic mass is 10.0. The largest absolute Gasteiger partial charge is 0.463 e. The summed E-state index contributed by atoms with van der Waals surface area (Å²) in [5.74, 6) is -0.232. The lowest BCUT2D eigenvalue weighted by molar-refractivity contribution is -0.137. The van der Waals surface area contributed by atoms with Crippen molar-refractivity contribution < 1.29 is 9.53 Å². The van der Waals surface area contributed by atoms with Crippen LogP contribution in [0.1, 0.15) is 80.1 Å². The minimum absolute atomic E-state index is 0.232. The Morgan fingerprint density at radius 2 is 1.21 bits per heavy atom. The third-order valence-electron chi connectivity index (χ3n) is 3.81. The SMILES string of the molecule is CCOC(=O)/C=C(\C)CC/C=C(\C)CC/C=C(\C)CCC=C(C)C. The zero-order valence-electron chi connectivity index (χ0n) is 16.6. The Hall–Kier alpha value is -1.57. The van der Waals surface area contributed by atoms with Crippen molar-refractivity contribution in [3.8, 4) is 0 Å². The molecule has 0 atom stereocenters. The van der Waals surface area contributed by atoms with Gasteiger partial charge in [-0.3, -0.25) is 0 Å². The third kappa shape index (κ3) is 14.0. The number of rotatable bonds is 11. The van der Waals surface area contributed by atoms with Crippen LogP contribution in [0.2, 0.25) is 0 Å². The maximum Gasteiger partial charge on any atom is 0.330 e. The molecule has 0 heterocycles. The van der Waals surface area contributed by atoms with E-state index in [4.69, 9.17) is 4.74 Å². The molecule has 0 amide bonds. The van der Waals surface area contributed by atoms with Crippen LogP contribution < -0.4 is 0 Å². The highest BCUT2D eigenvalue weighted by Gasteiger charge is 1.98. The molecule has 0 aromatic heterocycles. The molecule has 0 N–H and O–H groups in total. The van der Waals surface area contributed by atoms with E-state index in [1.165, 1.54) is 16.7 Å². The van der Waals surface area contributed by atoms with Crippen molar-refractivity contribution in [3.05, 3.63) is 46.6 Å². The first kappa shape index (κ1) is 22.4. The summed E-state index contributed by atoms with van der Waals surface area (Å²) in [5.41, 5.74) is 5.38. The van der Waals surface area contributed by atoms with Crippen LogP contribution in [0.15, 0.2) is 46.6 Å². The van der Waals surface area contributed by atoms with Crippen LogP contribution in [-0.2, 0) is 9.53 Å². The van der Waals surface area contributed by atoms with Crippen molar-refractivity contribution in [2.75, 3.05) is 6.61 Å². The molecule has 0 radical (unpaired) electrons. The maximum atomic E-state index is 11.3. The molecule has 0 rings (SSSR count). The van der Waals surface area contributed by atoms with Crippen LogP contribution in [0.5, 0.6) is 0 Å². The first-order valence-corrected chi connectivity index (χ1v) is 9.13. The molecule has 0 aliphatic carbocycles. The second-order valence-corrected chi connectivity index (χ2v) is 6.74. The number of esters is 1. The van der Waals surface area contributed by atoms with E-state index in [9.17, 15) is 4.79 Å². The van der Waals surface area contributed by atoms with Crippen LogP contribution in [0.3, 0.4) is 0 Å². The Balaban J connectivity index is 4.06. The van der Waals surface area contributed by atoms with Gasteiger partial charge >= 0.3 is 5.97 Å². The summed E-state index contributed by atoms with van der Waals surface area (Å²) in [4.78, 5) is 11.3. The van der Waals surface area contributed by atoms with E-state index in [1.54, 1.807) is 6.08 Å². The third-order valence-corrected chi connectivity index (χ3v) is 3.81. The van der Waals surface area contributed by atoms with Gasteiger partial charge in [-0.2, -0.15) is 0 Å². The van der Waals surface area contributed by atoms with Crippen LogP contribution >= 0.6 is 0 Å². The molecule has 0 fully saturated rings. The van der Waals surface area contributed by atoms with Gasteiger partial charge in [-0.15, -0.1) is 0 Å². The summed E-state index contributed by atoms with van der Waals surface area (Å²) in [6.45, 7) is 13.0. The number of ether oxygens (including phenoxy) is 1. The Morgan fingerprint density at radius 1 is 0.750 bits per heavy atom. The van der Waals surface area contributed by atoms with Gasteiger partial charge < -0.3 is 4.74 Å². The molecule has 0 spiro atoms. The molecule has 0 aliphatic rings. The quantitative estimate of drug-likeness (QED) is 0.239. The summed E-state index contributed by atoms with van der Waals surface area (Å²) in [7, 11) is 0. The van der Waals surface area contributed by atoms with Crippen molar-refractivity contribution in [1.29, 1.82) is 0 Å². The van der Waals surface area contributed by atoms with Gasteiger partial charge in [0, 0.05) is 6.08 Å². The van der Waals surface area contributed by atoms with Crippen LogP contribution in [0.25, 0.3) is 0 Å². The maximum absolute atomic E-state index is 11.3. The van der Waals surface area contributed by atoms with Gasteiger partial charge in [-0.05, 0) is 80.1 Å². The molecular formula is C22H36O2. The summed E-state index contributed by atoms with van der Waals surface area (Å²) >= 11 is 0. The highest BCUT2D eigenvalue weighted by atomic mass is 16.5. The molecule has 24 heavy (non-hydrogen) atoms. The minimum atomic E-state index is -0.232. The van der Waals surface area contributed by atoms with Gasteiger partial charge in [0.2, 0.25) is 0 Å². The molecule has 0 bridgehead atoms. The van der Waals surface area contributed by atoms with Gasteiger partial charge in [-0.1, -0.05) is 40.5 Å². The second kappa shape index (κ2) is 13.8. The molecular weight excluding hydrogens is 296 g/mol. The highest BCUT2D eigenvalue weighted by Crippen LogP contribution is 2.13. The molecule has 136 valence electrons. The topological polar surface area (TPSA) is 26.3 Å². The van der Waals surface area contributed by atoms with E-state index in [0.717, 1.165) is 44.1 Å². The van der Waals surface area contributed by atoms with Crippen molar-refractivity contribution in [3.63, 3.8) is 0 Å². The molecule has 0 saturated heterocycles. The van der Waals surface area contributed by atoms with E-state index in [1.807, 2.05) is 13.8 Å². The van der Waals surface area contributed by atoms with E-state index in [0.29, 0.717) is 6.61 Å². The number of allylic oxidation sites excluding steroid dienone is 7. The average molecular weight is 333 g/mol. The van der Waals surface area contributed by atoms with Crippen molar-refractivity contribution in [1.82, 2.24) is 0 Å². The Kier molecular flexibility index (Phi) is 12.9. The summed E-state index contributed by atoms with van der Waals surface area (Å²) in [6, 6.07) is 0. The summed E-state index contributed by atoms with van der Waals surface area (Å²) < 4.78 is 4.92. The van der Waals surface area contributed by atoms with Crippen molar-refractivity contribution >= 4 is 5.97 Å². The van der Waals surface area contributed by atoms with Gasteiger partial charge in [0.1, 0.15) is 0 Å². The van der Waals surface area contributed by atoms with Gasteiger partial charge in [0.15, 0.2) is 0 Å². The molecule has 2 nitrogen and oxygen atoms in total. The Bertz CT molecular complexity index is 486. The Labute approximate surface area is 149 Å². The first-order chi connectivity index (χ1) is 11.3. The summed E-state index contributed by atoms with van der Waals surface area (Å²) in [5, 5.41) is 0. The zero-order valence-corrected chi connectivity index (χ0v) is 16.6. The fraction of sp³-hybridized carbons (Fsp3) is 0.591. The van der Waals surface area contributed by atoms with E-state index < -0.39 is 0 Å². The normalized spacial score (nSPS) is 13.0. The van der Waals surface area contributed by atoms with Gasteiger partial charge in [0.05, 0.1) is 6.61 Å². The van der Waals surface area contributed by atoms with Crippen LogP contribution in [0, 0.1) is 0 Å². The van der Waals surface area contributed by atoms with E-state index in [2.05, 4.69) is 45.9 Å². The fourth-order valence-electron chi connectivity index (χ4n) is 2.34. The minimum Gasteiger partial charge on any atom is -0.463 e. The number of carbonyl (C=O) groups is 1. The fourth-order valence-corrected chi connectivity index (χ4v) is 2.34. The van der Waals surface area contributed by atoms with E-state index in [-0.39, 0.29) is 5.97 Å². The highest BCUT2D eigenvalue weighted by molar-refractivity contribution is 5.82. The van der Waals surface area contributed by atoms with Crippen LogP contribution in [-0.4, -0.2) is 12.6 Å². The molecule has 0 saturated carbocycles. The van der Waals surface area contributed by atoms with Gasteiger partial charge in [0.25, 0.3) is 0 Å². The molecule has 0 aliphatic heterocycles. The zero-order chi connectivity index (χ0) is 18.4. The van der Waals surface area contributed by atoms with Crippen LogP contribution in [0.4, 0.5) is 0 Å².